The van der Waals surface area contributed by atoms with Gasteiger partial charge in [0.25, 0.3) is 0 Å². The van der Waals surface area contributed by atoms with E-state index in [4.69, 9.17) is 24.5 Å². The smallest absolute Gasteiger partial charge is 0.210 e. The topological polar surface area (TPSA) is 94.4 Å². The van der Waals surface area contributed by atoms with Crippen molar-refractivity contribution < 1.29 is 14.3 Å². The fraction of sp³-hybridized carbons (Fsp3) is 0.545. The summed E-state index contributed by atoms with van der Waals surface area (Å²) < 4.78 is 14.5. The summed E-state index contributed by atoms with van der Waals surface area (Å²) >= 11 is 0. The van der Waals surface area contributed by atoms with E-state index in [1.807, 2.05) is 37.5 Å². The molecule has 0 radical (unpaired) electrons. The van der Waals surface area contributed by atoms with E-state index >= 15 is 0 Å². The van der Waals surface area contributed by atoms with Crippen LogP contribution in [0.5, 0.6) is 0 Å². The van der Waals surface area contributed by atoms with Crippen molar-refractivity contribution in [1.29, 1.82) is 0 Å². The third kappa shape index (κ3) is 9.05. The predicted molar refractivity (Wildman–Crippen MR) is 214 cm³/mol. The zero-order chi connectivity index (χ0) is 37.3. The van der Waals surface area contributed by atoms with Gasteiger partial charge < -0.3 is 19.7 Å². The molecule has 1 unspecified atom stereocenters. The van der Waals surface area contributed by atoms with Crippen LogP contribution in [0.2, 0.25) is 0 Å². The minimum atomic E-state index is -0.802. The third-order valence-corrected chi connectivity index (χ3v) is 11.0. The normalized spacial score (nSPS) is 17.5. The van der Waals surface area contributed by atoms with Crippen molar-refractivity contribution in [3.8, 4) is 0 Å². The van der Waals surface area contributed by atoms with E-state index in [0.717, 1.165) is 83.8 Å². The molecule has 1 fully saturated rings. The number of hydrogen-bond donors (Lipinski definition) is 1. The van der Waals surface area contributed by atoms with E-state index in [9.17, 15) is 4.79 Å². The molecule has 284 valence electrons. The van der Waals surface area contributed by atoms with Gasteiger partial charge in [0.1, 0.15) is 34.2 Å². The van der Waals surface area contributed by atoms with Crippen LogP contribution in [-0.2, 0) is 32.8 Å². The summed E-state index contributed by atoms with van der Waals surface area (Å²) in [6.45, 7) is 10.1. The highest BCUT2D eigenvalue weighted by Crippen LogP contribution is 2.41. The lowest BCUT2D eigenvalue weighted by Gasteiger charge is -2.36. The number of pyridine rings is 2. The van der Waals surface area contributed by atoms with Crippen molar-refractivity contribution >= 4 is 34.7 Å². The number of carbonyl (C=O) groups is 1. The molecule has 1 saturated heterocycles. The number of nitrogens with one attached hydrogen (secondary N) is 1. The number of carbonyl (C=O) groups excluding carboxylic acids is 1. The zero-order valence-electron chi connectivity index (χ0n) is 32.8. The second-order valence-corrected chi connectivity index (χ2v) is 15.8. The Labute approximate surface area is 316 Å². The molecule has 2 aliphatic heterocycles. The van der Waals surface area contributed by atoms with Crippen molar-refractivity contribution in [3.05, 3.63) is 83.0 Å². The molecule has 0 aliphatic carbocycles. The summed E-state index contributed by atoms with van der Waals surface area (Å²) in [7, 11) is 1.83. The highest BCUT2D eigenvalue weighted by Gasteiger charge is 2.38. The van der Waals surface area contributed by atoms with Crippen LogP contribution < -0.4 is 5.32 Å². The van der Waals surface area contributed by atoms with Gasteiger partial charge in [0.05, 0.1) is 24.0 Å². The maximum atomic E-state index is 12.5. The number of anilines is 2. The lowest BCUT2D eigenvalue weighted by atomic mass is 9.86. The molecular formula is C44H60N6O3. The number of nitrogens with zero attached hydrogens (tertiary/aromatic N) is 5. The molecular weight excluding hydrogens is 661 g/mol. The van der Waals surface area contributed by atoms with Crippen LogP contribution in [-0.4, -0.2) is 50.3 Å². The van der Waals surface area contributed by atoms with Crippen molar-refractivity contribution in [2.75, 3.05) is 19.0 Å². The molecule has 0 saturated carbocycles. The van der Waals surface area contributed by atoms with E-state index in [1.165, 1.54) is 70.6 Å². The summed E-state index contributed by atoms with van der Waals surface area (Å²) in [6, 6.07) is 16.3. The van der Waals surface area contributed by atoms with Crippen LogP contribution in [0, 0.1) is 0 Å². The van der Waals surface area contributed by atoms with Gasteiger partial charge in [0, 0.05) is 37.4 Å². The van der Waals surface area contributed by atoms with Crippen molar-refractivity contribution in [1.82, 2.24) is 24.6 Å². The van der Waals surface area contributed by atoms with Crippen LogP contribution in [0.15, 0.2) is 60.5 Å². The van der Waals surface area contributed by atoms with Gasteiger partial charge in [-0.05, 0) is 57.4 Å². The maximum Gasteiger partial charge on any atom is 0.210 e. The van der Waals surface area contributed by atoms with Crippen LogP contribution in [0.1, 0.15) is 140 Å². The average Bonchev–Trinajstić information content (AvgIpc) is 3.83. The van der Waals surface area contributed by atoms with Gasteiger partial charge in [0.2, 0.25) is 6.41 Å². The Morgan fingerprint density at radius 2 is 1.64 bits per heavy atom. The first-order valence-corrected chi connectivity index (χ1v) is 20.2. The summed E-state index contributed by atoms with van der Waals surface area (Å²) in [4.78, 5) is 24.1. The van der Waals surface area contributed by atoms with Crippen molar-refractivity contribution in [3.63, 3.8) is 0 Å². The Bertz CT molecular complexity index is 1840. The molecule has 1 N–H and O–H groups in total. The molecule has 1 atom stereocenters. The van der Waals surface area contributed by atoms with Crippen LogP contribution in [0.4, 0.5) is 11.6 Å². The minimum Gasteiger partial charge on any atom is -0.494 e. The number of allylic oxidation sites excluding steroid dienone is 1. The Balaban J connectivity index is 1.23. The summed E-state index contributed by atoms with van der Waals surface area (Å²) in [6.07, 6.45) is 21.0. The molecule has 4 aromatic rings. The zero-order valence-corrected chi connectivity index (χ0v) is 32.8. The molecule has 0 bridgehead atoms. The van der Waals surface area contributed by atoms with E-state index in [1.54, 1.807) is 4.90 Å². The molecule has 6 rings (SSSR count). The lowest BCUT2D eigenvalue weighted by molar-refractivity contribution is -0.120. The monoisotopic (exact) mass is 720 g/mol. The second kappa shape index (κ2) is 17.6. The summed E-state index contributed by atoms with van der Waals surface area (Å²) in [5.74, 6) is 3.12. The first-order chi connectivity index (χ1) is 25.7. The molecule has 53 heavy (non-hydrogen) atoms. The number of hydrogen-bond acceptors (Lipinski definition) is 7. The fourth-order valence-electron chi connectivity index (χ4n) is 7.85. The lowest BCUT2D eigenvalue weighted by Crippen LogP contribution is -2.42. The molecule has 1 aromatic carbocycles. The molecule has 9 heteroatoms. The van der Waals surface area contributed by atoms with E-state index < -0.39 is 11.1 Å². The van der Waals surface area contributed by atoms with Gasteiger partial charge in [-0.25, -0.2) is 9.97 Å². The average molecular weight is 721 g/mol. The quantitative estimate of drug-likeness (QED) is 0.0761. The van der Waals surface area contributed by atoms with Gasteiger partial charge in [-0.1, -0.05) is 108 Å². The predicted octanol–water partition coefficient (Wildman–Crippen LogP) is 10.5. The molecule has 2 aliphatic rings. The highest BCUT2D eigenvalue weighted by molar-refractivity contribution is 5.86. The number of ether oxygens (including phenoxy) is 2. The standard InChI is InChI=1S/C44H60N6O3/c1-6-7-8-9-10-11-12-13-14-15-16-20-27-50-37-31-45-40(29-35(37)42(48-50)44(4,49(5)32-51)33-22-18-17-19-23-33)47-39-26-25-34-36(46-39)30-43(2,3)53-41(34)38-24-21-28-52-38/h17-19,22-23,25-26,29,31-32H,6-16,20-21,24,27-28,30H2,1-5H3,(H,45,46,47). The van der Waals surface area contributed by atoms with Crippen LogP contribution in [0.25, 0.3) is 16.7 Å². The van der Waals surface area contributed by atoms with E-state index in [-0.39, 0.29) is 0 Å². The van der Waals surface area contributed by atoms with Gasteiger partial charge in [0.15, 0.2) is 5.76 Å². The number of fused-ring (bicyclic) bond motifs is 2. The van der Waals surface area contributed by atoms with Crippen LogP contribution >= 0.6 is 0 Å². The van der Waals surface area contributed by atoms with E-state index in [0.29, 0.717) is 18.1 Å². The maximum absolute atomic E-state index is 12.5. The van der Waals surface area contributed by atoms with Gasteiger partial charge in [-0.2, -0.15) is 5.10 Å². The number of benzene rings is 1. The first kappa shape index (κ1) is 38.3. The summed E-state index contributed by atoms with van der Waals surface area (Å²) in [5.41, 5.74) is 3.55. The first-order valence-electron chi connectivity index (χ1n) is 20.2. The Hall–Kier alpha value is -4.40. The van der Waals surface area contributed by atoms with Gasteiger partial charge >= 0.3 is 0 Å². The van der Waals surface area contributed by atoms with Crippen LogP contribution in [0.3, 0.4) is 0 Å². The molecule has 0 spiro atoms. The number of amides is 1. The van der Waals surface area contributed by atoms with Gasteiger partial charge in [-0.15, -0.1) is 0 Å². The SMILES string of the molecule is CCCCCCCCCCCCCCn1nc(C(C)(c2ccccc2)N(C)C=O)c2cc(Nc3ccc4c(n3)CC(C)(C)OC4=C3CCCO3)ncc21. The fourth-order valence-corrected chi connectivity index (χ4v) is 7.85. The van der Waals surface area contributed by atoms with Crippen molar-refractivity contribution in [2.24, 2.45) is 0 Å². The Morgan fingerprint density at radius 1 is 0.943 bits per heavy atom. The second-order valence-electron chi connectivity index (χ2n) is 15.8. The van der Waals surface area contributed by atoms with E-state index in [2.05, 4.69) is 62.0 Å². The third-order valence-electron chi connectivity index (χ3n) is 11.0. The number of aryl methyl sites for hydroxylation is 1. The largest absolute Gasteiger partial charge is 0.494 e. The summed E-state index contributed by atoms with van der Waals surface area (Å²) in [5, 5.41) is 9.71. The molecule has 3 aromatic heterocycles. The molecule has 5 heterocycles. The highest BCUT2D eigenvalue weighted by atomic mass is 16.5. The Kier molecular flexibility index (Phi) is 12.7. The number of unbranched alkanes of at least 4 members (excludes halogenated alkanes) is 11. The molecule has 1 amide bonds. The van der Waals surface area contributed by atoms with Gasteiger partial charge in [-0.3, -0.25) is 9.48 Å². The number of rotatable bonds is 19. The van der Waals surface area contributed by atoms with Crippen molar-refractivity contribution in [2.45, 2.75) is 142 Å². The Morgan fingerprint density at radius 3 is 2.30 bits per heavy atom. The number of aromatic nitrogens is 4. The minimum absolute atomic E-state index is 0.395. The molecule has 9 nitrogen and oxygen atoms in total.